The van der Waals surface area contributed by atoms with Crippen molar-refractivity contribution in [1.29, 1.82) is 0 Å². The summed E-state index contributed by atoms with van der Waals surface area (Å²) in [5, 5.41) is 0. The first-order valence-corrected chi connectivity index (χ1v) is 61.3. The van der Waals surface area contributed by atoms with E-state index in [0.29, 0.717) is 0 Å². The molecule has 0 bridgehead atoms. The highest BCUT2D eigenvalue weighted by molar-refractivity contribution is 6.88. The van der Waals surface area contributed by atoms with Gasteiger partial charge in [-0.1, -0.05) is 622 Å². The molecule has 608 valence electrons. The Morgan fingerprint density at radius 3 is 0.287 bits per heavy atom. The predicted octanol–water partition coefficient (Wildman–Crippen LogP) is 38.7. The topological polar surface area (TPSA) is 0 Å². The van der Waals surface area contributed by atoms with Gasteiger partial charge < -0.3 is 0 Å². The minimum Gasteiger partial charge on any atom is -0.0692 e. The molecular formula is C97H204Si4. The molecule has 0 saturated heterocycles. The van der Waals surface area contributed by atoms with Crippen molar-refractivity contribution in [3.8, 4) is 0 Å². The van der Waals surface area contributed by atoms with E-state index in [1.54, 1.807) is 206 Å². The fraction of sp³-hybridized carbons (Fsp3) is 1.00. The van der Waals surface area contributed by atoms with Crippen molar-refractivity contribution in [3.63, 3.8) is 0 Å². The summed E-state index contributed by atoms with van der Waals surface area (Å²) in [6.45, 7) is 25.0. The molecule has 0 atom stereocenters. The monoisotopic (exact) mass is 1480 g/mol. The molecule has 0 saturated carbocycles. The van der Waals surface area contributed by atoms with Crippen LogP contribution in [0.2, 0.25) is 97.2 Å². The zero-order valence-corrected chi connectivity index (χ0v) is 77.5. The van der Waals surface area contributed by atoms with Crippen LogP contribution in [0.25, 0.3) is 0 Å². The molecular weight excluding hydrogens is 1280 g/mol. The summed E-state index contributed by atoms with van der Waals surface area (Å²) in [6, 6.07) is 26.2. The summed E-state index contributed by atoms with van der Waals surface area (Å²) in [6.07, 6.45) is 108. The van der Waals surface area contributed by atoms with E-state index in [4.69, 9.17) is 0 Å². The summed E-state index contributed by atoms with van der Waals surface area (Å²) < 4.78 is 0. The lowest BCUT2D eigenvalue weighted by molar-refractivity contribution is 0.574. The van der Waals surface area contributed by atoms with Gasteiger partial charge in [-0.05, 0) is 0 Å². The molecule has 0 nitrogen and oxygen atoms in total. The largest absolute Gasteiger partial charge is 0.0692 e. The van der Waals surface area contributed by atoms with Crippen molar-refractivity contribution in [3.05, 3.63) is 0 Å². The Hall–Kier alpha value is 0.868. The minimum absolute atomic E-state index is 1.38. The molecule has 0 spiro atoms. The Morgan fingerprint density at radius 1 is 0.0990 bits per heavy atom. The third-order valence-electron chi connectivity index (χ3n) is 26.8. The highest BCUT2D eigenvalue weighted by Gasteiger charge is 2.41. The molecule has 0 aliphatic heterocycles. The minimum atomic E-state index is -1.63. The van der Waals surface area contributed by atoms with Crippen LogP contribution >= 0.6 is 0 Å². The van der Waals surface area contributed by atoms with E-state index in [2.05, 4.69) is 68.9 Å². The number of hydrogen-bond donors (Lipinski definition) is 0. The average Bonchev–Trinajstić information content (AvgIpc) is 0.822. The first kappa shape index (κ1) is 102. The predicted molar refractivity (Wildman–Crippen MR) is 484 cm³/mol. The van der Waals surface area contributed by atoms with Crippen LogP contribution in [-0.2, 0) is 0 Å². The summed E-state index contributed by atoms with van der Waals surface area (Å²) in [4.78, 5) is 0. The maximum absolute atomic E-state index is 3.25. The zero-order valence-electron chi connectivity index (χ0n) is 73.5. The van der Waals surface area contributed by atoms with Crippen LogP contribution < -0.4 is 0 Å². The molecule has 4 heteroatoms. The van der Waals surface area contributed by atoms with E-state index < -0.39 is 32.3 Å². The van der Waals surface area contributed by atoms with Crippen LogP contribution in [0, 0.1) is 0 Å². The van der Waals surface area contributed by atoms with E-state index in [9.17, 15) is 0 Å². The van der Waals surface area contributed by atoms with Crippen molar-refractivity contribution in [1.82, 2.24) is 0 Å². The lowest BCUT2D eigenvalue weighted by Crippen LogP contribution is -2.43. The Balaban J connectivity index is 8.25. The van der Waals surface area contributed by atoms with Gasteiger partial charge in [0.25, 0.3) is 0 Å². The standard InChI is InChI=1S/C97H204Si4/c1-11-20-29-38-47-56-65-74-83-99(84-75-66-57-48-39-30-21-12-2,85-76-67-58-49-40-31-22-13-3)95-92-98(10,93-96-100(86-77-68-59-50-41-32-23-14-4,87-78-69-60-51-42-33-24-15-5)88-79-70-61-52-43-34-25-16-6)94-97-101(89-80-71-62-53-44-35-26-17-7,90-81-72-63-54-45-36-27-18-8)91-82-73-64-55-46-37-28-19-9/h11-97H2,1-10H3. The fourth-order valence-corrected chi connectivity index (χ4v) is 46.9. The van der Waals surface area contributed by atoms with Gasteiger partial charge in [-0.2, -0.15) is 0 Å². The highest BCUT2D eigenvalue weighted by Crippen LogP contribution is 2.45. The van der Waals surface area contributed by atoms with Crippen molar-refractivity contribution < 1.29 is 0 Å². The molecule has 0 unspecified atom stereocenters. The van der Waals surface area contributed by atoms with Gasteiger partial charge in [-0.25, -0.2) is 0 Å². The molecule has 0 N–H and O–H groups in total. The van der Waals surface area contributed by atoms with Crippen LogP contribution in [0.1, 0.15) is 525 Å². The smallest absolute Gasteiger partial charge is 0.0533 e. The third-order valence-corrected chi connectivity index (χ3v) is 49.4. The second kappa shape index (κ2) is 80.4. The Labute approximate surface area is 649 Å². The van der Waals surface area contributed by atoms with Gasteiger partial charge in [0.15, 0.2) is 0 Å². The van der Waals surface area contributed by atoms with Gasteiger partial charge in [0.05, 0.1) is 24.2 Å². The first-order valence-electron chi connectivity index (χ1n) is 49.7. The summed E-state index contributed by atoms with van der Waals surface area (Å²) in [7, 11) is -6.12. The normalized spacial score (nSPS) is 12.5. The van der Waals surface area contributed by atoms with E-state index in [1.807, 2.05) is 0 Å². The second-order valence-electron chi connectivity index (χ2n) is 36.8. The molecule has 0 radical (unpaired) electrons. The van der Waals surface area contributed by atoms with E-state index in [1.165, 1.54) is 347 Å². The van der Waals surface area contributed by atoms with Gasteiger partial charge in [0, 0.05) is 8.07 Å². The van der Waals surface area contributed by atoms with E-state index in [-0.39, 0.29) is 0 Å². The fourth-order valence-electron chi connectivity index (χ4n) is 19.0. The molecule has 0 aromatic rings. The van der Waals surface area contributed by atoms with Crippen LogP contribution in [0.3, 0.4) is 0 Å². The highest BCUT2D eigenvalue weighted by atomic mass is 28.3. The van der Waals surface area contributed by atoms with Gasteiger partial charge in [0.1, 0.15) is 0 Å². The molecule has 0 aromatic carbocycles. The summed E-state index contributed by atoms with van der Waals surface area (Å²) in [5.41, 5.74) is 0. The van der Waals surface area contributed by atoms with Crippen LogP contribution in [0.15, 0.2) is 0 Å². The van der Waals surface area contributed by atoms with Crippen molar-refractivity contribution in [2.24, 2.45) is 0 Å². The molecule has 0 heterocycles. The maximum Gasteiger partial charge on any atom is 0.0533 e. The van der Waals surface area contributed by atoms with Crippen molar-refractivity contribution >= 4 is 32.3 Å². The molecule has 0 aromatic heterocycles. The third kappa shape index (κ3) is 67.5. The lowest BCUT2D eigenvalue weighted by atomic mass is 10.1. The molecule has 0 fully saturated rings. The van der Waals surface area contributed by atoms with Gasteiger partial charge in [0.2, 0.25) is 0 Å². The van der Waals surface area contributed by atoms with Crippen LogP contribution in [0.5, 0.6) is 0 Å². The zero-order chi connectivity index (χ0) is 73.5. The average molecular weight is 1480 g/mol. The Morgan fingerprint density at radius 2 is 0.188 bits per heavy atom. The Kier molecular flexibility index (Phi) is 81.1. The van der Waals surface area contributed by atoms with Crippen molar-refractivity contribution in [2.75, 3.05) is 0 Å². The number of hydrogen-bond acceptors (Lipinski definition) is 0. The Bertz CT molecular complexity index is 1200. The van der Waals surface area contributed by atoms with E-state index in [0.717, 1.165) is 0 Å². The van der Waals surface area contributed by atoms with Crippen LogP contribution in [-0.4, -0.2) is 32.3 Å². The SMILES string of the molecule is CCCCCCCCCC[Si](CCCCCCCCCC)(CCCCCCCCCC)CC[Si](C)(CC[Si](CCCCCCCCCC)(CCCCCCCCCC)CCCCCCCCCC)CC[Si](CCCCCCCCCC)(CCCCCCCCCC)CCCCCCCCCC. The number of rotatable bonds is 90. The van der Waals surface area contributed by atoms with Crippen molar-refractivity contribution in [2.45, 2.75) is 622 Å². The van der Waals surface area contributed by atoms with Gasteiger partial charge in [-0.3, -0.25) is 0 Å². The number of unbranched alkanes of at least 4 members (excludes halogenated alkanes) is 63. The lowest BCUT2D eigenvalue weighted by Gasteiger charge is -2.42. The molecule has 101 heavy (non-hydrogen) atoms. The summed E-state index contributed by atoms with van der Waals surface area (Å²) in [5.74, 6) is 0. The van der Waals surface area contributed by atoms with Gasteiger partial charge in [-0.15, -0.1) is 0 Å². The summed E-state index contributed by atoms with van der Waals surface area (Å²) >= 11 is 0. The maximum atomic E-state index is 3.25. The van der Waals surface area contributed by atoms with E-state index >= 15 is 0 Å². The second-order valence-corrected chi connectivity index (χ2v) is 57.0. The molecule has 0 amide bonds. The quantitative estimate of drug-likeness (QED) is 0.0421. The first-order chi connectivity index (χ1) is 49.7. The molecule has 0 rings (SSSR count). The van der Waals surface area contributed by atoms with Gasteiger partial charge >= 0.3 is 0 Å². The molecule has 0 aliphatic carbocycles. The molecule has 0 aliphatic rings. The van der Waals surface area contributed by atoms with Crippen LogP contribution in [0.4, 0.5) is 0 Å².